The van der Waals surface area contributed by atoms with Crippen molar-refractivity contribution in [2.24, 2.45) is 0 Å². The lowest BCUT2D eigenvalue weighted by Crippen LogP contribution is -2.50. The van der Waals surface area contributed by atoms with Gasteiger partial charge in [-0.1, -0.05) is 6.42 Å². The lowest BCUT2D eigenvalue weighted by Gasteiger charge is -2.31. The average molecular weight is 422 g/mol. The first-order chi connectivity index (χ1) is 13.1. The van der Waals surface area contributed by atoms with Crippen molar-refractivity contribution in [2.45, 2.75) is 45.2 Å². The van der Waals surface area contributed by atoms with Gasteiger partial charge in [-0.15, -0.1) is 24.2 Å². The predicted octanol–water partition coefficient (Wildman–Crippen LogP) is 3.33. The molecule has 0 aromatic carbocycles. The maximum Gasteiger partial charge on any atom is 0.259 e. The monoisotopic (exact) mass is 421 g/mol. The van der Waals surface area contributed by atoms with Crippen LogP contribution in [0.25, 0.3) is 11.0 Å². The van der Waals surface area contributed by atoms with Crippen molar-refractivity contribution >= 4 is 46.8 Å². The van der Waals surface area contributed by atoms with E-state index in [0.29, 0.717) is 6.04 Å². The Morgan fingerprint density at radius 3 is 3.07 bits per heavy atom. The average Bonchev–Trinajstić information content (AvgIpc) is 3.10. The van der Waals surface area contributed by atoms with Gasteiger partial charge in [-0.2, -0.15) is 0 Å². The molecular weight excluding hydrogens is 394 g/mol. The van der Waals surface area contributed by atoms with E-state index in [1.807, 2.05) is 24.7 Å². The lowest BCUT2D eigenvalue weighted by atomic mass is 9.99. The van der Waals surface area contributed by atoms with E-state index >= 15 is 0 Å². The Bertz CT molecular complexity index is 861. The summed E-state index contributed by atoms with van der Waals surface area (Å²) in [6.07, 6.45) is 9.38. The molecule has 3 N–H and O–H groups in total. The van der Waals surface area contributed by atoms with Crippen LogP contribution in [0.1, 0.15) is 31.7 Å². The number of hydrogen-bond acceptors (Lipinski definition) is 5. The van der Waals surface area contributed by atoms with Crippen molar-refractivity contribution in [3.05, 3.63) is 35.1 Å². The number of piperidine rings is 1. The van der Waals surface area contributed by atoms with Gasteiger partial charge in [0.1, 0.15) is 5.65 Å². The third kappa shape index (κ3) is 4.31. The third-order valence-corrected chi connectivity index (χ3v) is 6.44. The van der Waals surface area contributed by atoms with E-state index in [2.05, 4.69) is 39.3 Å². The number of carbonyl (C=O) groups is 1. The van der Waals surface area contributed by atoms with Crippen LogP contribution in [0, 0.1) is 6.92 Å². The summed E-state index contributed by atoms with van der Waals surface area (Å²) < 4.78 is 0. The molecule has 2 aromatic heterocycles. The number of aromatic amines is 1. The normalized spacial score (nSPS) is 21.0. The Kier molecular flexibility index (Phi) is 6.91. The Labute approximate surface area is 176 Å². The molecule has 2 atom stereocenters. The number of rotatable bonds is 4. The zero-order valence-electron chi connectivity index (χ0n) is 16.3. The van der Waals surface area contributed by atoms with E-state index in [4.69, 9.17) is 0 Å². The molecule has 2 aliphatic rings. The molecular formula is C20H28ClN5OS. The van der Waals surface area contributed by atoms with Gasteiger partial charge in [-0.25, -0.2) is 4.98 Å². The zero-order valence-corrected chi connectivity index (χ0v) is 18.0. The summed E-state index contributed by atoms with van der Waals surface area (Å²) in [7, 11) is 0. The van der Waals surface area contributed by atoms with E-state index in [1.54, 1.807) is 11.8 Å². The summed E-state index contributed by atoms with van der Waals surface area (Å²) in [5.74, 6) is 0.920. The number of carbonyl (C=O) groups excluding carboxylic acids is 1. The molecule has 1 saturated heterocycles. The molecule has 2 aromatic rings. The van der Waals surface area contributed by atoms with Crippen LogP contribution in [0.3, 0.4) is 0 Å². The third-order valence-electron chi connectivity index (χ3n) is 5.46. The molecule has 4 rings (SSSR count). The summed E-state index contributed by atoms with van der Waals surface area (Å²) >= 11 is 1.63. The number of nitrogens with one attached hydrogen (secondary N) is 3. The van der Waals surface area contributed by atoms with Gasteiger partial charge < -0.3 is 20.5 Å². The first kappa shape index (κ1) is 21.0. The highest BCUT2D eigenvalue weighted by Crippen LogP contribution is 2.32. The summed E-state index contributed by atoms with van der Waals surface area (Å²) in [5.41, 5.74) is 3.16. The second kappa shape index (κ2) is 9.20. The van der Waals surface area contributed by atoms with Crippen molar-refractivity contribution in [3.8, 4) is 0 Å². The first-order valence-corrected chi connectivity index (χ1v) is 10.7. The number of amides is 1. The first-order valence-electron chi connectivity index (χ1n) is 9.71. The van der Waals surface area contributed by atoms with Crippen LogP contribution in [0.5, 0.6) is 0 Å². The van der Waals surface area contributed by atoms with Crippen molar-refractivity contribution < 1.29 is 4.79 Å². The number of aryl methyl sites for hydroxylation is 1. The smallest absolute Gasteiger partial charge is 0.259 e. The molecule has 8 heteroatoms. The summed E-state index contributed by atoms with van der Waals surface area (Å²) in [6.45, 7) is 6.11. The van der Waals surface area contributed by atoms with Crippen LogP contribution in [0.2, 0.25) is 0 Å². The van der Waals surface area contributed by atoms with Crippen LogP contribution < -0.4 is 15.5 Å². The highest BCUT2D eigenvalue weighted by Gasteiger charge is 2.25. The van der Waals surface area contributed by atoms with Gasteiger partial charge in [0.15, 0.2) is 0 Å². The molecule has 0 aliphatic carbocycles. The van der Waals surface area contributed by atoms with Crippen molar-refractivity contribution in [1.29, 1.82) is 0 Å². The van der Waals surface area contributed by atoms with Crippen molar-refractivity contribution in [2.75, 3.05) is 23.7 Å². The summed E-state index contributed by atoms with van der Waals surface area (Å²) in [4.78, 5) is 23.4. The van der Waals surface area contributed by atoms with Gasteiger partial charge in [0, 0.05) is 48.4 Å². The Morgan fingerprint density at radius 2 is 2.29 bits per heavy atom. The molecule has 6 nitrogen and oxygen atoms in total. The molecule has 1 fully saturated rings. The maximum absolute atomic E-state index is 12.8. The van der Waals surface area contributed by atoms with Gasteiger partial charge in [-0.3, -0.25) is 4.79 Å². The molecule has 0 saturated carbocycles. The molecule has 1 amide bonds. The fourth-order valence-electron chi connectivity index (χ4n) is 3.93. The van der Waals surface area contributed by atoms with E-state index < -0.39 is 0 Å². The van der Waals surface area contributed by atoms with Crippen LogP contribution in [0.15, 0.2) is 29.6 Å². The minimum atomic E-state index is 0. The van der Waals surface area contributed by atoms with E-state index in [-0.39, 0.29) is 24.4 Å². The predicted molar refractivity (Wildman–Crippen MR) is 119 cm³/mol. The molecule has 1 unspecified atom stereocenters. The van der Waals surface area contributed by atoms with Crippen molar-refractivity contribution in [3.63, 3.8) is 0 Å². The highest BCUT2D eigenvalue weighted by atomic mass is 35.5. The molecule has 152 valence electrons. The molecule has 0 radical (unpaired) electrons. The lowest BCUT2D eigenvalue weighted by molar-refractivity contribution is -0.117. The van der Waals surface area contributed by atoms with E-state index in [9.17, 15) is 4.79 Å². The van der Waals surface area contributed by atoms with Crippen LogP contribution in [-0.4, -0.2) is 46.8 Å². The van der Waals surface area contributed by atoms with Crippen LogP contribution in [0.4, 0.5) is 5.69 Å². The molecule has 28 heavy (non-hydrogen) atoms. The minimum absolute atomic E-state index is 0. The standard InChI is InChI=1S/C20H27N5OS.ClH/c1-13-11-23-19-18(13)16(6-8-22-19)25-9-10-27-17(12-25)20(26)24-14(2)15-5-3-4-7-21-15;/h6,8,11-12,14-15,21H,3-5,7,9-10H2,1-2H3,(H,22,23)(H,24,26);1H/t14?,15-;/m1./s1. The zero-order chi connectivity index (χ0) is 18.8. The van der Waals surface area contributed by atoms with Gasteiger partial charge in [0.2, 0.25) is 0 Å². The number of aromatic nitrogens is 2. The van der Waals surface area contributed by atoms with Gasteiger partial charge in [-0.05, 0) is 44.9 Å². The molecule has 0 bridgehead atoms. The highest BCUT2D eigenvalue weighted by molar-refractivity contribution is 8.04. The summed E-state index contributed by atoms with van der Waals surface area (Å²) in [5, 5.41) is 7.85. The second-order valence-electron chi connectivity index (χ2n) is 7.38. The number of nitrogens with zero attached hydrogens (tertiary/aromatic N) is 2. The SMILES string of the molecule is Cc1c[nH]c2nccc(N3C=C(C(=O)NC(C)[C@H]4CCCCN4)SCC3)c12.Cl. The number of halogens is 1. The number of hydrogen-bond donors (Lipinski definition) is 3. The number of H-pyrrole nitrogens is 1. The quantitative estimate of drug-likeness (QED) is 0.706. The largest absolute Gasteiger partial charge is 0.348 e. The number of thioether (sulfide) groups is 1. The van der Waals surface area contributed by atoms with Crippen molar-refractivity contribution in [1.82, 2.24) is 20.6 Å². The fraction of sp³-hybridized carbons (Fsp3) is 0.500. The molecule has 0 spiro atoms. The van der Waals surface area contributed by atoms with E-state index in [0.717, 1.165) is 46.9 Å². The topological polar surface area (TPSA) is 73.0 Å². The van der Waals surface area contributed by atoms with Gasteiger partial charge in [0.05, 0.1) is 10.6 Å². The van der Waals surface area contributed by atoms with Gasteiger partial charge >= 0.3 is 0 Å². The number of anilines is 1. The molecule has 4 heterocycles. The van der Waals surface area contributed by atoms with Gasteiger partial charge in [0.25, 0.3) is 5.91 Å². The number of pyridine rings is 1. The second-order valence-corrected chi connectivity index (χ2v) is 8.52. The number of fused-ring (bicyclic) bond motifs is 1. The Morgan fingerprint density at radius 1 is 1.43 bits per heavy atom. The Hall–Kier alpha value is -1.70. The minimum Gasteiger partial charge on any atom is -0.348 e. The maximum atomic E-state index is 12.8. The van der Waals surface area contributed by atoms with Crippen LogP contribution >= 0.6 is 24.2 Å². The molecule has 2 aliphatic heterocycles. The van der Waals surface area contributed by atoms with Crippen LogP contribution in [-0.2, 0) is 4.79 Å². The van der Waals surface area contributed by atoms with E-state index in [1.165, 1.54) is 18.4 Å². The Balaban J connectivity index is 0.00000225. The fourth-order valence-corrected chi connectivity index (χ4v) is 4.83. The summed E-state index contributed by atoms with van der Waals surface area (Å²) in [6, 6.07) is 2.53.